The Labute approximate surface area is 127 Å². The zero-order valence-corrected chi connectivity index (χ0v) is 13.2. The van der Waals surface area contributed by atoms with Gasteiger partial charge in [-0.25, -0.2) is 0 Å². The van der Waals surface area contributed by atoms with Crippen LogP contribution in [-0.2, 0) is 0 Å². The molecular weight excluding hydrogens is 359 g/mol. The fourth-order valence-corrected chi connectivity index (χ4v) is 7.56. The van der Waals surface area contributed by atoms with E-state index in [2.05, 4.69) is 91.0 Å². The molecule has 3 rings (SSSR count). The molecule has 0 aliphatic rings. The number of halogens is 1. The molecule has 0 amide bonds. The van der Waals surface area contributed by atoms with E-state index >= 15 is 0 Å². The van der Waals surface area contributed by atoms with Crippen LogP contribution in [-0.4, -0.2) is 5.48 Å². The first-order chi connectivity index (χ1) is 9.45. The van der Waals surface area contributed by atoms with E-state index in [0.717, 1.165) is 0 Å². The van der Waals surface area contributed by atoms with Crippen molar-refractivity contribution in [1.82, 2.24) is 0 Å². The molecule has 0 fully saturated rings. The summed E-state index contributed by atoms with van der Waals surface area (Å²) in [5.41, 5.74) is 0. The summed E-state index contributed by atoms with van der Waals surface area (Å²) < 4.78 is 4.47. The molecule has 1 nitrogen and oxygen atoms in total. The van der Waals surface area contributed by atoms with Crippen LogP contribution in [0, 0.1) is 10.7 Å². The van der Waals surface area contributed by atoms with E-state index < -0.39 is 19.8 Å². The summed E-state index contributed by atoms with van der Waals surface area (Å²) >= 11 is -1.52. The van der Waals surface area contributed by atoms with Gasteiger partial charge in [-0.15, -0.1) is 0 Å². The fourth-order valence-electron chi connectivity index (χ4n) is 2.00. The van der Waals surface area contributed by atoms with Gasteiger partial charge in [-0.05, 0) is 0 Å². The van der Waals surface area contributed by atoms with Crippen molar-refractivity contribution < 1.29 is 5.48 Å². The molecule has 3 aromatic carbocycles. The molecule has 0 radical (unpaired) electrons. The van der Waals surface area contributed by atoms with Gasteiger partial charge in [0.25, 0.3) is 0 Å². The van der Waals surface area contributed by atoms with Crippen LogP contribution in [0.4, 0.5) is 0 Å². The van der Waals surface area contributed by atoms with Crippen molar-refractivity contribution in [1.29, 1.82) is 0 Å². The second-order valence-corrected chi connectivity index (χ2v) is 9.53. The third-order valence-corrected chi connectivity index (χ3v) is 8.75. The van der Waals surface area contributed by atoms with Crippen LogP contribution in [0.1, 0.15) is 0 Å². The predicted octanol–water partition coefficient (Wildman–Crippen LogP) is 4.28. The van der Waals surface area contributed by atoms with E-state index in [-0.39, 0.29) is 5.48 Å². The molecule has 0 bridgehead atoms. The minimum atomic E-state index is -1.52. The van der Waals surface area contributed by atoms with Crippen molar-refractivity contribution in [2.24, 2.45) is 0 Å². The van der Waals surface area contributed by atoms with E-state index in [1.54, 1.807) is 0 Å². The van der Waals surface area contributed by atoms with Crippen molar-refractivity contribution in [3.05, 3.63) is 102 Å². The monoisotopic (exact) mass is 376 g/mol. The zero-order chi connectivity index (χ0) is 12.9. The van der Waals surface area contributed by atoms with Gasteiger partial charge in [-0.1, -0.05) is 0 Å². The van der Waals surface area contributed by atoms with Gasteiger partial charge in [-0.2, -0.15) is 0 Å². The summed E-state index contributed by atoms with van der Waals surface area (Å²) in [6.07, 6.45) is 0. The maximum atomic E-state index is 2.27. The van der Waals surface area contributed by atoms with Crippen molar-refractivity contribution in [2.45, 2.75) is 0 Å². The third kappa shape index (κ3) is 3.26. The molecule has 3 aromatic rings. The molecule has 0 aromatic heterocycles. The van der Waals surface area contributed by atoms with E-state index in [0.29, 0.717) is 0 Å². The minimum absolute atomic E-state index is 0. The number of hydrogen-bond donors (Lipinski definition) is 0. The van der Waals surface area contributed by atoms with Gasteiger partial charge in [0, 0.05) is 0 Å². The van der Waals surface area contributed by atoms with Crippen molar-refractivity contribution in [2.75, 3.05) is 0 Å². The van der Waals surface area contributed by atoms with Gasteiger partial charge in [0.15, 0.2) is 0 Å². The maximum absolute atomic E-state index is 2.27. The molecule has 0 unspecified atom stereocenters. The van der Waals surface area contributed by atoms with E-state index in [1.165, 1.54) is 10.7 Å². The Morgan fingerprint density at radius 3 is 0.900 bits per heavy atom. The second kappa shape index (κ2) is 7.22. The predicted molar refractivity (Wildman–Crippen MR) is 93.1 cm³/mol. The van der Waals surface area contributed by atoms with Crippen LogP contribution in [0.25, 0.3) is 0 Å². The Bertz CT molecular complexity index is 529. The molecule has 102 valence electrons. The molecule has 20 heavy (non-hydrogen) atoms. The van der Waals surface area contributed by atoms with Crippen molar-refractivity contribution in [3.8, 4) is 0 Å². The zero-order valence-electron chi connectivity index (χ0n) is 11.0. The molecule has 0 spiro atoms. The molecule has 2 heteroatoms. The van der Waals surface area contributed by atoms with Gasteiger partial charge in [0.1, 0.15) is 0 Å². The first-order valence-corrected chi connectivity index (χ1v) is 9.54. The van der Waals surface area contributed by atoms with Gasteiger partial charge >= 0.3 is 122 Å². The summed E-state index contributed by atoms with van der Waals surface area (Å²) in [6.45, 7) is 0. The molecular formula is C18H17IO. The summed E-state index contributed by atoms with van der Waals surface area (Å²) in [5.74, 6) is 0. The van der Waals surface area contributed by atoms with Gasteiger partial charge < -0.3 is 5.48 Å². The van der Waals surface area contributed by atoms with Crippen LogP contribution >= 0.6 is 19.8 Å². The Morgan fingerprint density at radius 1 is 0.400 bits per heavy atom. The average molecular weight is 376 g/mol. The summed E-state index contributed by atoms with van der Waals surface area (Å²) in [7, 11) is 0. The topological polar surface area (TPSA) is 31.5 Å². The van der Waals surface area contributed by atoms with Crippen LogP contribution in [0.15, 0.2) is 91.0 Å². The Hall–Kier alpha value is -1.65. The summed E-state index contributed by atoms with van der Waals surface area (Å²) in [5, 5.41) is 0. The molecule has 0 heterocycles. The molecule has 0 aliphatic heterocycles. The second-order valence-electron chi connectivity index (χ2n) is 4.17. The Kier molecular flexibility index (Phi) is 5.32. The molecule has 0 saturated heterocycles. The van der Waals surface area contributed by atoms with Crippen LogP contribution in [0.2, 0.25) is 0 Å². The SMILES string of the molecule is O.c1ccc(I(c2ccccc2)c2ccccc2)cc1. The number of rotatable bonds is 3. The average Bonchev–Trinajstić information content (AvgIpc) is 2.51. The van der Waals surface area contributed by atoms with Crippen molar-refractivity contribution in [3.63, 3.8) is 0 Å². The molecule has 2 N–H and O–H groups in total. The van der Waals surface area contributed by atoms with E-state index in [4.69, 9.17) is 0 Å². The Morgan fingerprint density at radius 2 is 0.650 bits per heavy atom. The van der Waals surface area contributed by atoms with E-state index in [1.807, 2.05) is 0 Å². The first kappa shape index (κ1) is 14.8. The van der Waals surface area contributed by atoms with Gasteiger partial charge in [-0.3, -0.25) is 0 Å². The Balaban J connectivity index is 0.00000147. The van der Waals surface area contributed by atoms with Crippen molar-refractivity contribution >= 4 is 19.8 Å². The molecule has 0 aliphatic carbocycles. The molecule has 0 saturated carbocycles. The quantitative estimate of drug-likeness (QED) is 0.612. The number of hydrogen-bond acceptors (Lipinski definition) is 0. The van der Waals surface area contributed by atoms with E-state index in [9.17, 15) is 0 Å². The van der Waals surface area contributed by atoms with Crippen LogP contribution < -0.4 is 0 Å². The standard InChI is InChI=1S/C18H15I.H2O/c1-4-10-16(11-5-1)19(17-12-6-2-7-13-17)18-14-8-3-9-15-18;/h1-15H;1H2. The molecule has 0 atom stereocenters. The summed E-state index contributed by atoms with van der Waals surface area (Å²) in [6, 6.07) is 32.8. The van der Waals surface area contributed by atoms with Crippen LogP contribution in [0.3, 0.4) is 0 Å². The number of benzene rings is 3. The van der Waals surface area contributed by atoms with Gasteiger partial charge in [0.2, 0.25) is 0 Å². The first-order valence-electron chi connectivity index (χ1n) is 6.30. The summed E-state index contributed by atoms with van der Waals surface area (Å²) in [4.78, 5) is 0. The van der Waals surface area contributed by atoms with Crippen LogP contribution in [0.5, 0.6) is 0 Å². The normalized spacial score (nSPS) is 10.5. The third-order valence-electron chi connectivity index (χ3n) is 2.85. The fraction of sp³-hybridized carbons (Fsp3) is 0. The van der Waals surface area contributed by atoms with Gasteiger partial charge in [0.05, 0.1) is 0 Å².